The summed E-state index contributed by atoms with van der Waals surface area (Å²) in [5.74, 6) is 1.33. The zero-order chi connectivity index (χ0) is 19.7. The molecule has 2 aromatic carbocycles. The van der Waals surface area contributed by atoms with E-state index in [0.717, 1.165) is 22.2 Å². The minimum absolute atomic E-state index is 0.0986. The summed E-state index contributed by atoms with van der Waals surface area (Å²) in [5.41, 5.74) is 2.61. The van der Waals surface area contributed by atoms with Crippen molar-refractivity contribution in [3.8, 4) is 11.6 Å². The van der Waals surface area contributed by atoms with Crippen LogP contribution in [-0.4, -0.2) is 26.4 Å². The zero-order valence-corrected chi connectivity index (χ0v) is 16.8. The van der Waals surface area contributed by atoms with Gasteiger partial charge in [-0.2, -0.15) is 0 Å². The van der Waals surface area contributed by atoms with Crippen LogP contribution in [0.3, 0.4) is 0 Å². The van der Waals surface area contributed by atoms with Crippen LogP contribution in [0.1, 0.15) is 5.56 Å². The number of aromatic nitrogens is 3. The molecule has 1 N–H and O–H groups in total. The molecule has 0 aliphatic heterocycles. The van der Waals surface area contributed by atoms with Crippen molar-refractivity contribution in [3.05, 3.63) is 59.1 Å². The van der Waals surface area contributed by atoms with Crippen LogP contribution in [0.2, 0.25) is 5.02 Å². The smallest absolute Gasteiger partial charge is 0.234 e. The SMILES string of the molecule is Cc1cccc(NC(=O)CSc2nnc(-c3cc4cc(Cl)ccc4o3)n2C)c1. The monoisotopic (exact) mass is 412 g/mol. The van der Waals surface area contributed by atoms with Gasteiger partial charge in [0.1, 0.15) is 5.58 Å². The number of furan rings is 1. The quantitative estimate of drug-likeness (QED) is 0.471. The van der Waals surface area contributed by atoms with Crippen LogP contribution >= 0.6 is 23.4 Å². The lowest BCUT2D eigenvalue weighted by Crippen LogP contribution is -2.14. The van der Waals surface area contributed by atoms with Crippen molar-refractivity contribution in [2.45, 2.75) is 12.1 Å². The third-order valence-corrected chi connectivity index (χ3v) is 5.42. The molecule has 2 aromatic heterocycles. The Morgan fingerprint density at radius 1 is 1.21 bits per heavy atom. The molecule has 4 rings (SSSR count). The number of nitrogens with one attached hydrogen (secondary N) is 1. The predicted octanol–water partition coefficient (Wildman–Crippen LogP) is 4.92. The molecule has 1 amide bonds. The molecular formula is C20H17ClN4O2S. The van der Waals surface area contributed by atoms with E-state index in [1.807, 2.05) is 61.0 Å². The summed E-state index contributed by atoms with van der Waals surface area (Å²) < 4.78 is 7.66. The third-order valence-electron chi connectivity index (χ3n) is 4.17. The van der Waals surface area contributed by atoms with Crippen LogP contribution in [0, 0.1) is 6.92 Å². The molecule has 6 nitrogen and oxygen atoms in total. The van der Waals surface area contributed by atoms with Crippen LogP contribution in [0.15, 0.2) is 58.1 Å². The number of carbonyl (C=O) groups excluding carboxylic acids is 1. The first-order valence-corrected chi connectivity index (χ1v) is 9.94. The average molecular weight is 413 g/mol. The minimum atomic E-state index is -0.0986. The fourth-order valence-corrected chi connectivity index (χ4v) is 3.72. The van der Waals surface area contributed by atoms with E-state index in [0.29, 0.717) is 21.8 Å². The van der Waals surface area contributed by atoms with E-state index >= 15 is 0 Å². The Morgan fingerprint density at radius 3 is 2.89 bits per heavy atom. The number of halogens is 1. The predicted molar refractivity (Wildman–Crippen MR) is 112 cm³/mol. The van der Waals surface area contributed by atoms with Gasteiger partial charge in [-0.3, -0.25) is 4.79 Å². The number of benzene rings is 2. The summed E-state index contributed by atoms with van der Waals surface area (Å²) in [6.45, 7) is 1.98. The largest absolute Gasteiger partial charge is 0.453 e. The average Bonchev–Trinajstić information content (AvgIpc) is 3.22. The van der Waals surface area contributed by atoms with E-state index in [1.54, 1.807) is 6.07 Å². The van der Waals surface area contributed by atoms with Crippen molar-refractivity contribution in [2.75, 3.05) is 11.1 Å². The molecular weight excluding hydrogens is 396 g/mol. The molecule has 0 aliphatic carbocycles. The lowest BCUT2D eigenvalue weighted by Gasteiger charge is -2.06. The standard InChI is InChI=1S/C20H17ClN4O2S/c1-12-4-3-5-15(8-12)22-18(26)11-28-20-24-23-19(25(20)2)17-10-13-9-14(21)6-7-16(13)27-17/h3-10H,11H2,1-2H3,(H,22,26). The number of fused-ring (bicyclic) bond motifs is 1. The van der Waals surface area contributed by atoms with Crippen LogP contribution in [0.4, 0.5) is 5.69 Å². The summed E-state index contributed by atoms with van der Waals surface area (Å²) in [7, 11) is 1.84. The molecule has 28 heavy (non-hydrogen) atoms. The molecule has 0 atom stereocenters. The summed E-state index contributed by atoms with van der Waals surface area (Å²) in [4.78, 5) is 12.2. The minimum Gasteiger partial charge on any atom is -0.453 e. The van der Waals surface area contributed by atoms with Gasteiger partial charge in [-0.1, -0.05) is 35.5 Å². The van der Waals surface area contributed by atoms with Gasteiger partial charge in [-0.25, -0.2) is 0 Å². The lowest BCUT2D eigenvalue weighted by molar-refractivity contribution is -0.113. The summed E-state index contributed by atoms with van der Waals surface area (Å²) >= 11 is 7.35. The van der Waals surface area contributed by atoms with E-state index in [9.17, 15) is 4.79 Å². The van der Waals surface area contributed by atoms with Crippen molar-refractivity contribution in [1.82, 2.24) is 14.8 Å². The number of thioether (sulfide) groups is 1. The van der Waals surface area contributed by atoms with Gasteiger partial charge in [-0.05, 0) is 48.9 Å². The van der Waals surface area contributed by atoms with E-state index in [2.05, 4.69) is 15.5 Å². The Hall–Kier alpha value is -2.77. The van der Waals surface area contributed by atoms with Crippen molar-refractivity contribution >= 4 is 45.9 Å². The van der Waals surface area contributed by atoms with Crippen molar-refractivity contribution in [3.63, 3.8) is 0 Å². The fraction of sp³-hybridized carbons (Fsp3) is 0.150. The molecule has 2 heterocycles. The molecule has 0 radical (unpaired) electrons. The topological polar surface area (TPSA) is 73.0 Å². The highest BCUT2D eigenvalue weighted by atomic mass is 35.5. The maximum Gasteiger partial charge on any atom is 0.234 e. The molecule has 0 saturated heterocycles. The van der Waals surface area contributed by atoms with Gasteiger partial charge < -0.3 is 14.3 Å². The van der Waals surface area contributed by atoms with Gasteiger partial charge in [0, 0.05) is 23.1 Å². The first-order valence-electron chi connectivity index (χ1n) is 8.58. The van der Waals surface area contributed by atoms with E-state index in [-0.39, 0.29) is 11.7 Å². The Balaban J connectivity index is 1.46. The number of hydrogen-bond donors (Lipinski definition) is 1. The van der Waals surface area contributed by atoms with Crippen molar-refractivity contribution < 1.29 is 9.21 Å². The van der Waals surface area contributed by atoms with Crippen molar-refractivity contribution in [1.29, 1.82) is 0 Å². The molecule has 0 spiro atoms. The van der Waals surface area contributed by atoms with Gasteiger partial charge in [-0.15, -0.1) is 10.2 Å². The normalized spacial score (nSPS) is 11.1. The zero-order valence-electron chi connectivity index (χ0n) is 15.3. The Bertz CT molecular complexity index is 1170. The molecule has 0 unspecified atom stereocenters. The van der Waals surface area contributed by atoms with Crippen LogP contribution in [0.5, 0.6) is 0 Å². The third kappa shape index (κ3) is 3.90. The fourth-order valence-electron chi connectivity index (χ4n) is 2.83. The maximum atomic E-state index is 12.2. The van der Waals surface area contributed by atoms with Gasteiger partial charge in [0.15, 0.2) is 16.7 Å². The number of carbonyl (C=O) groups is 1. The summed E-state index contributed by atoms with van der Waals surface area (Å²) in [6.07, 6.45) is 0. The molecule has 0 bridgehead atoms. The van der Waals surface area contributed by atoms with Crippen LogP contribution in [0.25, 0.3) is 22.6 Å². The number of aryl methyl sites for hydroxylation is 1. The molecule has 8 heteroatoms. The number of hydrogen-bond acceptors (Lipinski definition) is 5. The second kappa shape index (κ2) is 7.69. The number of amides is 1. The first-order chi connectivity index (χ1) is 13.5. The Morgan fingerprint density at radius 2 is 2.07 bits per heavy atom. The number of rotatable bonds is 5. The highest BCUT2D eigenvalue weighted by Crippen LogP contribution is 2.30. The number of nitrogens with zero attached hydrogens (tertiary/aromatic N) is 3. The first kappa shape index (κ1) is 18.6. The summed E-state index contributed by atoms with van der Waals surface area (Å²) in [5, 5.41) is 13.5. The van der Waals surface area contributed by atoms with Crippen LogP contribution in [-0.2, 0) is 11.8 Å². The van der Waals surface area contributed by atoms with Gasteiger partial charge in [0.05, 0.1) is 5.75 Å². The van der Waals surface area contributed by atoms with Crippen LogP contribution < -0.4 is 5.32 Å². The number of anilines is 1. The Labute approximate surface area is 170 Å². The molecule has 142 valence electrons. The van der Waals surface area contributed by atoms with E-state index in [4.69, 9.17) is 16.0 Å². The van der Waals surface area contributed by atoms with Gasteiger partial charge in [0.2, 0.25) is 5.91 Å². The van der Waals surface area contributed by atoms with E-state index in [1.165, 1.54) is 11.8 Å². The molecule has 0 fully saturated rings. The van der Waals surface area contributed by atoms with Crippen molar-refractivity contribution in [2.24, 2.45) is 7.05 Å². The lowest BCUT2D eigenvalue weighted by atomic mass is 10.2. The van der Waals surface area contributed by atoms with Gasteiger partial charge in [0.25, 0.3) is 0 Å². The Kier molecular flexibility index (Phi) is 5.11. The van der Waals surface area contributed by atoms with Gasteiger partial charge >= 0.3 is 0 Å². The second-order valence-electron chi connectivity index (χ2n) is 6.36. The second-order valence-corrected chi connectivity index (χ2v) is 7.74. The maximum absolute atomic E-state index is 12.2. The molecule has 0 saturated carbocycles. The molecule has 4 aromatic rings. The van der Waals surface area contributed by atoms with E-state index < -0.39 is 0 Å². The summed E-state index contributed by atoms with van der Waals surface area (Å²) in [6, 6.07) is 15.0. The highest BCUT2D eigenvalue weighted by Gasteiger charge is 2.16. The molecule has 0 aliphatic rings. The highest BCUT2D eigenvalue weighted by molar-refractivity contribution is 7.99.